The van der Waals surface area contributed by atoms with Gasteiger partial charge >= 0.3 is 0 Å². The van der Waals surface area contributed by atoms with Crippen LogP contribution in [0.4, 0.5) is 0 Å². The van der Waals surface area contributed by atoms with E-state index in [1.165, 1.54) is 21.6 Å². The summed E-state index contributed by atoms with van der Waals surface area (Å²) >= 11 is 5.36. The van der Waals surface area contributed by atoms with E-state index in [-0.39, 0.29) is 0 Å². The van der Waals surface area contributed by atoms with Gasteiger partial charge in [-0.15, -0.1) is 11.8 Å². The monoisotopic (exact) mass is 336 g/mol. The van der Waals surface area contributed by atoms with Crippen molar-refractivity contribution >= 4 is 27.7 Å². The van der Waals surface area contributed by atoms with Crippen LogP contribution < -0.4 is 0 Å². The number of thioether (sulfide) groups is 1. The van der Waals surface area contributed by atoms with Crippen molar-refractivity contribution in [2.75, 3.05) is 7.11 Å². The first-order valence-corrected chi connectivity index (χ1v) is 8.27. The first kappa shape index (κ1) is 14.6. The number of alkyl halides is 1. The Kier molecular flexibility index (Phi) is 5.95. The van der Waals surface area contributed by atoms with E-state index in [1.807, 2.05) is 11.8 Å². The average Bonchev–Trinajstić information content (AvgIpc) is 2.47. The predicted octanol–water partition coefficient (Wildman–Crippen LogP) is 5.02. The quantitative estimate of drug-likeness (QED) is 0.541. The molecule has 0 atom stereocenters. The van der Waals surface area contributed by atoms with Crippen molar-refractivity contribution in [3.8, 4) is 0 Å². The minimum Gasteiger partial charge on any atom is -0.380 e. The van der Waals surface area contributed by atoms with E-state index >= 15 is 0 Å². The van der Waals surface area contributed by atoms with Gasteiger partial charge in [0, 0.05) is 23.1 Å². The van der Waals surface area contributed by atoms with Crippen molar-refractivity contribution in [1.29, 1.82) is 0 Å². The SMILES string of the molecule is COCc1cc(CBr)ccc1SCc1ccccc1. The number of rotatable bonds is 6. The number of ether oxygens (including phenoxy) is 1. The van der Waals surface area contributed by atoms with Crippen LogP contribution >= 0.6 is 27.7 Å². The number of methoxy groups -OCH3 is 1. The van der Waals surface area contributed by atoms with Crippen LogP contribution in [0.15, 0.2) is 53.4 Å². The van der Waals surface area contributed by atoms with Gasteiger partial charge < -0.3 is 4.74 Å². The zero-order valence-corrected chi connectivity index (χ0v) is 13.3. The number of halogens is 1. The van der Waals surface area contributed by atoms with Crippen molar-refractivity contribution in [3.63, 3.8) is 0 Å². The molecule has 100 valence electrons. The summed E-state index contributed by atoms with van der Waals surface area (Å²) in [5, 5.41) is 0.882. The molecule has 0 bridgehead atoms. The molecule has 0 aromatic heterocycles. The largest absolute Gasteiger partial charge is 0.380 e. The maximum atomic E-state index is 5.29. The number of hydrogen-bond donors (Lipinski definition) is 0. The van der Waals surface area contributed by atoms with Crippen molar-refractivity contribution in [1.82, 2.24) is 0 Å². The lowest BCUT2D eigenvalue weighted by Gasteiger charge is -2.10. The summed E-state index contributed by atoms with van der Waals surface area (Å²) in [4.78, 5) is 1.30. The first-order chi connectivity index (χ1) is 9.33. The van der Waals surface area contributed by atoms with Crippen LogP contribution in [-0.2, 0) is 22.4 Å². The summed E-state index contributed by atoms with van der Waals surface area (Å²) < 4.78 is 5.29. The second kappa shape index (κ2) is 7.73. The van der Waals surface area contributed by atoms with Gasteiger partial charge in [0.2, 0.25) is 0 Å². The molecule has 3 heteroatoms. The number of hydrogen-bond acceptors (Lipinski definition) is 2. The van der Waals surface area contributed by atoms with Crippen molar-refractivity contribution in [3.05, 3.63) is 65.2 Å². The molecule has 2 aromatic carbocycles. The van der Waals surface area contributed by atoms with E-state index in [4.69, 9.17) is 4.74 Å². The third-order valence-corrected chi connectivity index (χ3v) is 4.65. The lowest BCUT2D eigenvalue weighted by molar-refractivity contribution is 0.183. The Morgan fingerprint density at radius 2 is 1.84 bits per heavy atom. The maximum Gasteiger partial charge on any atom is 0.0724 e. The average molecular weight is 337 g/mol. The fraction of sp³-hybridized carbons (Fsp3) is 0.250. The molecule has 2 aromatic rings. The maximum absolute atomic E-state index is 5.29. The Balaban J connectivity index is 2.10. The molecular formula is C16H17BrOS. The Bertz CT molecular complexity index is 513. The fourth-order valence-corrected chi connectivity index (χ4v) is 3.19. The van der Waals surface area contributed by atoms with Gasteiger partial charge in [-0.05, 0) is 22.8 Å². The minimum absolute atomic E-state index is 0.665. The lowest BCUT2D eigenvalue weighted by atomic mass is 10.1. The van der Waals surface area contributed by atoms with E-state index in [0.717, 1.165) is 11.1 Å². The molecule has 0 saturated carbocycles. The molecule has 0 unspecified atom stereocenters. The molecule has 0 aliphatic heterocycles. The van der Waals surface area contributed by atoms with Gasteiger partial charge in [-0.3, -0.25) is 0 Å². The van der Waals surface area contributed by atoms with Crippen molar-refractivity contribution in [2.24, 2.45) is 0 Å². The summed E-state index contributed by atoms with van der Waals surface area (Å²) in [6.45, 7) is 0.665. The van der Waals surface area contributed by atoms with Gasteiger partial charge in [-0.1, -0.05) is 58.4 Å². The molecule has 2 rings (SSSR count). The smallest absolute Gasteiger partial charge is 0.0724 e. The summed E-state index contributed by atoms with van der Waals surface area (Å²) in [5.74, 6) is 0.991. The molecule has 0 aliphatic rings. The molecule has 0 aliphatic carbocycles. The van der Waals surface area contributed by atoms with E-state index in [9.17, 15) is 0 Å². The van der Waals surface area contributed by atoms with Crippen LogP contribution in [0.3, 0.4) is 0 Å². The minimum atomic E-state index is 0.665. The highest BCUT2D eigenvalue weighted by atomic mass is 79.9. The number of benzene rings is 2. The third-order valence-electron chi connectivity index (χ3n) is 2.82. The molecule has 0 amide bonds. The second-order valence-electron chi connectivity index (χ2n) is 4.28. The van der Waals surface area contributed by atoms with Crippen LogP contribution in [0.2, 0.25) is 0 Å². The lowest BCUT2D eigenvalue weighted by Crippen LogP contribution is -1.93. The molecule has 0 radical (unpaired) electrons. The predicted molar refractivity (Wildman–Crippen MR) is 85.8 cm³/mol. The van der Waals surface area contributed by atoms with Crippen molar-refractivity contribution in [2.45, 2.75) is 22.6 Å². The summed E-state index contributed by atoms with van der Waals surface area (Å²) in [5.41, 5.74) is 3.90. The Morgan fingerprint density at radius 1 is 1.05 bits per heavy atom. The zero-order valence-electron chi connectivity index (χ0n) is 10.9. The molecule has 0 N–H and O–H groups in total. The highest BCUT2D eigenvalue weighted by Gasteiger charge is 2.05. The summed E-state index contributed by atoms with van der Waals surface area (Å²) in [7, 11) is 1.74. The Morgan fingerprint density at radius 3 is 2.53 bits per heavy atom. The summed E-state index contributed by atoms with van der Waals surface area (Å²) in [6.07, 6.45) is 0. The van der Waals surface area contributed by atoms with E-state index in [2.05, 4.69) is 64.5 Å². The third kappa shape index (κ3) is 4.37. The van der Waals surface area contributed by atoms with E-state index in [0.29, 0.717) is 6.61 Å². The molecule has 0 fully saturated rings. The van der Waals surface area contributed by atoms with Crippen molar-refractivity contribution < 1.29 is 4.74 Å². The highest BCUT2D eigenvalue weighted by Crippen LogP contribution is 2.28. The molecular weight excluding hydrogens is 320 g/mol. The second-order valence-corrected chi connectivity index (χ2v) is 5.86. The van der Waals surface area contributed by atoms with Crippen LogP contribution in [-0.4, -0.2) is 7.11 Å². The Labute approximate surface area is 127 Å². The van der Waals surface area contributed by atoms with Gasteiger partial charge in [0.05, 0.1) is 6.61 Å². The molecule has 19 heavy (non-hydrogen) atoms. The van der Waals surface area contributed by atoms with Crippen LogP contribution in [0.25, 0.3) is 0 Å². The Hall–Kier alpha value is -0.770. The van der Waals surface area contributed by atoms with Gasteiger partial charge in [0.25, 0.3) is 0 Å². The van der Waals surface area contributed by atoms with Gasteiger partial charge in [0.1, 0.15) is 0 Å². The fourth-order valence-electron chi connectivity index (χ4n) is 1.86. The highest BCUT2D eigenvalue weighted by molar-refractivity contribution is 9.08. The standard InChI is InChI=1S/C16H17BrOS/c1-18-11-15-9-14(10-17)7-8-16(15)19-12-13-5-3-2-4-6-13/h2-9H,10-12H2,1H3. The van der Waals surface area contributed by atoms with Gasteiger partial charge in [-0.2, -0.15) is 0 Å². The zero-order chi connectivity index (χ0) is 13.5. The molecule has 0 spiro atoms. The molecule has 0 saturated heterocycles. The van der Waals surface area contributed by atoms with Gasteiger partial charge in [-0.25, -0.2) is 0 Å². The normalized spacial score (nSPS) is 10.6. The van der Waals surface area contributed by atoms with Crippen LogP contribution in [0.5, 0.6) is 0 Å². The van der Waals surface area contributed by atoms with Crippen LogP contribution in [0.1, 0.15) is 16.7 Å². The van der Waals surface area contributed by atoms with E-state index < -0.39 is 0 Å². The molecule has 0 heterocycles. The summed E-state index contributed by atoms with van der Waals surface area (Å²) in [6, 6.07) is 17.1. The topological polar surface area (TPSA) is 9.23 Å². The van der Waals surface area contributed by atoms with Gasteiger partial charge in [0.15, 0.2) is 0 Å². The van der Waals surface area contributed by atoms with Crippen LogP contribution in [0, 0.1) is 0 Å². The molecule has 1 nitrogen and oxygen atoms in total. The first-order valence-electron chi connectivity index (χ1n) is 6.17. The van der Waals surface area contributed by atoms with E-state index in [1.54, 1.807) is 7.11 Å².